The molecule has 0 spiro atoms. The first-order chi connectivity index (χ1) is 8.63. The molecule has 2 unspecified atom stereocenters. The monoisotopic (exact) mass is 249 g/mol. The highest BCUT2D eigenvalue weighted by molar-refractivity contribution is 5.49. The second kappa shape index (κ2) is 5.52. The van der Waals surface area contributed by atoms with Crippen LogP contribution < -0.4 is 16.2 Å². The summed E-state index contributed by atoms with van der Waals surface area (Å²) in [6.07, 6.45) is 7.03. The Morgan fingerprint density at radius 3 is 2.78 bits per heavy atom. The lowest BCUT2D eigenvalue weighted by Gasteiger charge is -2.37. The minimum Gasteiger partial charge on any atom is -0.356 e. The number of aryl methyl sites for hydroxylation is 1. The van der Waals surface area contributed by atoms with Crippen molar-refractivity contribution < 1.29 is 0 Å². The van der Waals surface area contributed by atoms with Crippen molar-refractivity contribution in [3.05, 3.63) is 11.8 Å². The van der Waals surface area contributed by atoms with E-state index in [1.165, 1.54) is 25.7 Å². The van der Waals surface area contributed by atoms with Gasteiger partial charge in [0.25, 0.3) is 0 Å². The highest BCUT2D eigenvalue weighted by atomic mass is 15.3. The van der Waals surface area contributed by atoms with Crippen molar-refractivity contribution in [2.24, 2.45) is 11.8 Å². The summed E-state index contributed by atoms with van der Waals surface area (Å²) in [5.74, 6) is 7.56. The van der Waals surface area contributed by atoms with E-state index >= 15 is 0 Å². The van der Waals surface area contributed by atoms with Crippen molar-refractivity contribution in [2.75, 3.05) is 17.4 Å². The maximum Gasteiger partial charge on any atom is 0.239 e. The molecule has 2 atom stereocenters. The van der Waals surface area contributed by atoms with Crippen molar-refractivity contribution in [1.29, 1.82) is 0 Å². The summed E-state index contributed by atoms with van der Waals surface area (Å²) >= 11 is 0. The van der Waals surface area contributed by atoms with Gasteiger partial charge in [0.15, 0.2) is 0 Å². The first-order valence-electron chi connectivity index (χ1n) is 6.66. The second-order valence-electron chi connectivity index (χ2n) is 5.28. The van der Waals surface area contributed by atoms with Crippen LogP contribution in [-0.2, 0) is 0 Å². The lowest BCUT2D eigenvalue weighted by Crippen LogP contribution is -2.40. The first-order valence-corrected chi connectivity index (χ1v) is 6.66. The van der Waals surface area contributed by atoms with Crippen LogP contribution in [0.5, 0.6) is 0 Å². The van der Waals surface area contributed by atoms with Crippen LogP contribution in [0, 0.1) is 12.8 Å². The summed E-state index contributed by atoms with van der Waals surface area (Å²) in [5.41, 5.74) is 3.61. The number of nitrogen functional groups attached to an aromatic ring is 1. The van der Waals surface area contributed by atoms with Crippen LogP contribution in [0.1, 0.15) is 38.2 Å². The zero-order valence-electron chi connectivity index (χ0n) is 11.5. The van der Waals surface area contributed by atoms with Crippen molar-refractivity contribution in [3.63, 3.8) is 0 Å². The van der Waals surface area contributed by atoms with Crippen LogP contribution in [0.4, 0.5) is 11.8 Å². The summed E-state index contributed by atoms with van der Waals surface area (Å²) in [7, 11) is 2.13. The van der Waals surface area contributed by atoms with Gasteiger partial charge in [0.1, 0.15) is 5.82 Å². The Bertz CT molecular complexity index is 406. The number of rotatable bonds is 3. The lowest BCUT2D eigenvalue weighted by molar-refractivity contribution is 0.320. The van der Waals surface area contributed by atoms with Gasteiger partial charge in [0.05, 0.1) is 0 Å². The number of hydrazine groups is 1. The third-order valence-electron chi connectivity index (χ3n) is 3.97. The summed E-state index contributed by atoms with van der Waals surface area (Å²) < 4.78 is 0. The van der Waals surface area contributed by atoms with Gasteiger partial charge in [-0.15, -0.1) is 0 Å². The molecule has 5 heteroatoms. The van der Waals surface area contributed by atoms with E-state index in [0.29, 0.717) is 17.9 Å². The molecule has 0 saturated heterocycles. The smallest absolute Gasteiger partial charge is 0.239 e. The predicted octanol–water partition coefficient (Wildman–Crippen LogP) is 2.09. The molecule has 0 amide bonds. The van der Waals surface area contributed by atoms with Gasteiger partial charge in [-0.1, -0.05) is 19.8 Å². The molecule has 1 aliphatic carbocycles. The third-order valence-corrected chi connectivity index (χ3v) is 3.97. The van der Waals surface area contributed by atoms with Crippen LogP contribution in [-0.4, -0.2) is 23.1 Å². The highest BCUT2D eigenvalue weighted by Crippen LogP contribution is 2.30. The number of nitrogens with one attached hydrogen (secondary N) is 1. The number of anilines is 2. The van der Waals surface area contributed by atoms with E-state index in [0.717, 1.165) is 11.4 Å². The fraction of sp³-hybridized carbons (Fsp3) is 0.692. The van der Waals surface area contributed by atoms with Gasteiger partial charge < -0.3 is 4.90 Å². The lowest BCUT2D eigenvalue weighted by atomic mass is 9.85. The summed E-state index contributed by atoms with van der Waals surface area (Å²) in [6.45, 7) is 4.37. The zero-order valence-corrected chi connectivity index (χ0v) is 11.5. The van der Waals surface area contributed by atoms with Gasteiger partial charge in [-0.2, -0.15) is 4.98 Å². The van der Waals surface area contributed by atoms with Crippen molar-refractivity contribution in [2.45, 2.75) is 45.6 Å². The topological polar surface area (TPSA) is 67.1 Å². The van der Waals surface area contributed by atoms with Crippen molar-refractivity contribution in [3.8, 4) is 0 Å². The molecule has 1 aromatic heterocycles. The van der Waals surface area contributed by atoms with Crippen LogP contribution in [0.3, 0.4) is 0 Å². The quantitative estimate of drug-likeness (QED) is 0.634. The van der Waals surface area contributed by atoms with E-state index in [-0.39, 0.29) is 0 Å². The van der Waals surface area contributed by atoms with Crippen molar-refractivity contribution in [1.82, 2.24) is 9.97 Å². The molecule has 1 aromatic rings. The maximum atomic E-state index is 5.38. The van der Waals surface area contributed by atoms with Gasteiger partial charge in [0.2, 0.25) is 5.95 Å². The Balaban J connectivity index is 2.23. The Kier molecular flexibility index (Phi) is 4.01. The number of nitrogens with two attached hydrogens (primary N) is 1. The molecule has 1 saturated carbocycles. The Labute approximate surface area is 109 Å². The van der Waals surface area contributed by atoms with Gasteiger partial charge >= 0.3 is 0 Å². The average molecular weight is 249 g/mol. The molecule has 5 nitrogen and oxygen atoms in total. The fourth-order valence-corrected chi connectivity index (χ4v) is 2.89. The molecule has 2 rings (SSSR count). The maximum absolute atomic E-state index is 5.38. The zero-order chi connectivity index (χ0) is 13.1. The van der Waals surface area contributed by atoms with E-state index < -0.39 is 0 Å². The molecule has 100 valence electrons. The van der Waals surface area contributed by atoms with Crippen LogP contribution in [0.2, 0.25) is 0 Å². The van der Waals surface area contributed by atoms with Crippen LogP contribution in [0.15, 0.2) is 6.20 Å². The first kappa shape index (κ1) is 13.1. The number of hydrogen-bond donors (Lipinski definition) is 2. The Morgan fingerprint density at radius 2 is 2.11 bits per heavy atom. The van der Waals surface area contributed by atoms with Crippen molar-refractivity contribution >= 4 is 11.8 Å². The second-order valence-corrected chi connectivity index (χ2v) is 5.28. The summed E-state index contributed by atoms with van der Waals surface area (Å²) in [4.78, 5) is 10.9. The standard InChI is InChI=1S/C13H23N5/c1-9-6-4-5-7-11(9)18(3)12-10(2)8-15-13(16-12)17-14/h8-9,11H,4-7,14H2,1-3H3,(H,15,16,17). The molecule has 0 radical (unpaired) electrons. The molecule has 1 fully saturated rings. The van der Waals surface area contributed by atoms with Gasteiger partial charge in [-0.3, -0.25) is 5.43 Å². The van der Waals surface area contributed by atoms with Gasteiger partial charge in [0, 0.05) is 24.8 Å². The number of hydrogen-bond acceptors (Lipinski definition) is 5. The molecular formula is C13H23N5. The minimum absolute atomic E-state index is 0.478. The van der Waals surface area contributed by atoms with E-state index in [2.05, 4.69) is 34.3 Å². The molecule has 0 aromatic carbocycles. The number of aromatic nitrogens is 2. The SMILES string of the molecule is Cc1cnc(NN)nc1N(C)C1CCCCC1C. The van der Waals surface area contributed by atoms with E-state index in [9.17, 15) is 0 Å². The summed E-state index contributed by atoms with van der Waals surface area (Å²) in [6, 6.07) is 0.568. The molecular weight excluding hydrogens is 226 g/mol. The van der Waals surface area contributed by atoms with E-state index in [4.69, 9.17) is 5.84 Å². The molecule has 0 aliphatic heterocycles. The molecule has 3 N–H and O–H groups in total. The fourth-order valence-electron chi connectivity index (χ4n) is 2.89. The molecule has 1 aliphatic rings. The molecule has 0 bridgehead atoms. The third kappa shape index (κ3) is 2.56. The van der Waals surface area contributed by atoms with E-state index in [1.807, 2.05) is 13.1 Å². The molecule has 18 heavy (non-hydrogen) atoms. The van der Waals surface area contributed by atoms with Gasteiger partial charge in [-0.25, -0.2) is 10.8 Å². The summed E-state index contributed by atoms with van der Waals surface area (Å²) in [5, 5.41) is 0. The Morgan fingerprint density at radius 1 is 1.39 bits per heavy atom. The minimum atomic E-state index is 0.478. The van der Waals surface area contributed by atoms with Crippen LogP contribution in [0.25, 0.3) is 0 Å². The van der Waals surface area contributed by atoms with Gasteiger partial charge in [-0.05, 0) is 25.7 Å². The highest BCUT2D eigenvalue weighted by Gasteiger charge is 2.26. The number of nitrogens with zero attached hydrogens (tertiary/aromatic N) is 3. The Hall–Kier alpha value is -1.36. The average Bonchev–Trinajstić information content (AvgIpc) is 2.39. The largest absolute Gasteiger partial charge is 0.356 e. The normalized spacial score (nSPS) is 23.8. The predicted molar refractivity (Wildman–Crippen MR) is 74.4 cm³/mol. The van der Waals surface area contributed by atoms with Crippen LogP contribution >= 0.6 is 0 Å². The van der Waals surface area contributed by atoms with E-state index in [1.54, 1.807) is 0 Å². The molecule has 1 heterocycles.